The van der Waals surface area contributed by atoms with Crippen molar-refractivity contribution in [3.63, 3.8) is 0 Å². The second-order valence-corrected chi connectivity index (χ2v) is 4.74. The standard InChI is InChI=1S/C14H19N3/c1-2-11-5-3-4-6-13(11)17-14-10-16-8-7-12(14)9-15/h7-8,10-11,13,17H,2-6H2,1H3. The molecule has 0 amide bonds. The summed E-state index contributed by atoms with van der Waals surface area (Å²) >= 11 is 0. The number of nitrogens with one attached hydrogen (secondary N) is 1. The maximum absolute atomic E-state index is 9.05. The fourth-order valence-electron chi connectivity index (χ4n) is 2.69. The van der Waals surface area contributed by atoms with Crippen molar-refractivity contribution in [2.75, 3.05) is 5.32 Å². The van der Waals surface area contributed by atoms with Crippen LogP contribution in [-0.2, 0) is 0 Å². The van der Waals surface area contributed by atoms with E-state index in [1.54, 1.807) is 18.5 Å². The lowest BCUT2D eigenvalue weighted by molar-refractivity contribution is 0.317. The molecule has 1 aliphatic rings. The van der Waals surface area contributed by atoms with E-state index in [4.69, 9.17) is 5.26 Å². The summed E-state index contributed by atoms with van der Waals surface area (Å²) in [6.07, 6.45) is 9.78. The van der Waals surface area contributed by atoms with Gasteiger partial charge in [-0.25, -0.2) is 0 Å². The van der Waals surface area contributed by atoms with E-state index in [-0.39, 0.29) is 0 Å². The van der Waals surface area contributed by atoms with Gasteiger partial charge >= 0.3 is 0 Å². The van der Waals surface area contributed by atoms with Gasteiger partial charge in [0.1, 0.15) is 6.07 Å². The Morgan fingerprint density at radius 3 is 3.06 bits per heavy atom. The van der Waals surface area contributed by atoms with E-state index in [2.05, 4.69) is 23.3 Å². The Balaban J connectivity index is 2.11. The first kappa shape index (κ1) is 11.9. The summed E-state index contributed by atoms with van der Waals surface area (Å²) in [5.74, 6) is 0.732. The highest BCUT2D eigenvalue weighted by Crippen LogP contribution is 2.29. The highest BCUT2D eigenvalue weighted by atomic mass is 14.9. The highest BCUT2D eigenvalue weighted by molar-refractivity contribution is 5.56. The van der Waals surface area contributed by atoms with Crippen LogP contribution in [0.5, 0.6) is 0 Å². The first-order chi connectivity index (χ1) is 8.35. The maximum Gasteiger partial charge on any atom is 0.101 e. The number of aromatic nitrogens is 1. The molecule has 1 aliphatic carbocycles. The van der Waals surface area contributed by atoms with Gasteiger partial charge in [-0.15, -0.1) is 0 Å². The third kappa shape index (κ3) is 2.76. The molecule has 2 atom stereocenters. The van der Waals surface area contributed by atoms with Gasteiger partial charge in [-0.1, -0.05) is 26.2 Å². The van der Waals surface area contributed by atoms with Gasteiger partial charge in [-0.3, -0.25) is 4.98 Å². The number of pyridine rings is 1. The van der Waals surface area contributed by atoms with Crippen LogP contribution < -0.4 is 5.32 Å². The number of nitrogens with zero attached hydrogens (tertiary/aromatic N) is 2. The summed E-state index contributed by atoms with van der Waals surface area (Å²) < 4.78 is 0. The molecule has 1 fully saturated rings. The summed E-state index contributed by atoms with van der Waals surface area (Å²) in [7, 11) is 0. The predicted molar refractivity (Wildman–Crippen MR) is 68.6 cm³/mol. The predicted octanol–water partition coefficient (Wildman–Crippen LogP) is 3.33. The molecule has 0 aromatic carbocycles. The molecule has 3 heteroatoms. The van der Waals surface area contributed by atoms with E-state index in [0.29, 0.717) is 11.6 Å². The summed E-state index contributed by atoms with van der Waals surface area (Å²) in [6, 6.07) is 4.49. The van der Waals surface area contributed by atoms with Crippen LogP contribution in [0.15, 0.2) is 18.5 Å². The molecule has 90 valence electrons. The maximum atomic E-state index is 9.05. The van der Waals surface area contributed by atoms with Crippen LogP contribution in [0.25, 0.3) is 0 Å². The lowest BCUT2D eigenvalue weighted by Crippen LogP contribution is -2.32. The quantitative estimate of drug-likeness (QED) is 0.864. The molecule has 0 aliphatic heterocycles. The Bertz CT molecular complexity index is 408. The van der Waals surface area contributed by atoms with Gasteiger partial charge < -0.3 is 5.32 Å². The number of hydrogen-bond donors (Lipinski definition) is 1. The minimum absolute atomic E-state index is 0.505. The van der Waals surface area contributed by atoms with Crippen LogP contribution in [-0.4, -0.2) is 11.0 Å². The molecule has 1 saturated carbocycles. The lowest BCUT2D eigenvalue weighted by atomic mass is 9.83. The smallest absolute Gasteiger partial charge is 0.101 e. The monoisotopic (exact) mass is 229 g/mol. The van der Waals surface area contributed by atoms with Crippen molar-refractivity contribution in [1.29, 1.82) is 5.26 Å². The zero-order chi connectivity index (χ0) is 12.1. The van der Waals surface area contributed by atoms with E-state index >= 15 is 0 Å². The Labute approximate surface area is 103 Å². The van der Waals surface area contributed by atoms with Crippen molar-refractivity contribution in [3.8, 4) is 6.07 Å². The van der Waals surface area contributed by atoms with Gasteiger partial charge in [-0.05, 0) is 24.8 Å². The minimum Gasteiger partial charge on any atom is -0.380 e. The summed E-state index contributed by atoms with van der Waals surface area (Å²) in [4.78, 5) is 4.10. The Morgan fingerprint density at radius 1 is 1.47 bits per heavy atom. The van der Waals surface area contributed by atoms with Crippen LogP contribution in [0.2, 0.25) is 0 Å². The van der Waals surface area contributed by atoms with E-state index in [1.165, 1.54) is 32.1 Å². The van der Waals surface area contributed by atoms with Crippen molar-refractivity contribution >= 4 is 5.69 Å². The molecule has 3 nitrogen and oxygen atoms in total. The number of nitriles is 1. The minimum atomic E-state index is 0.505. The first-order valence-electron chi connectivity index (χ1n) is 6.45. The summed E-state index contributed by atoms with van der Waals surface area (Å²) in [5, 5.41) is 12.6. The van der Waals surface area contributed by atoms with Crippen molar-refractivity contribution in [3.05, 3.63) is 24.0 Å². The van der Waals surface area contributed by atoms with Crippen LogP contribution in [0.3, 0.4) is 0 Å². The molecule has 1 aromatic rings. The molecule has 0 saturated heterocycles. The normalized spacial score (nSPS) is 24.0. The Morgan fingerprint density at radius 2 is 2.29 bits per heavy atom. The molecule has 0 bridgehead atoms. The van der Waals surface area contributed by atoms with Crippen molar-refractivity contribution in [2.24, 2.45) is 5.92 Å². The van der Waals surface area contributed by atoms with Crippen LogP contribution >= 0.6 is 0 Å². The molecule has 2 unspecified atom stereocenters. The molecule has 17 heavy (non-hydrogen) atoms. The van der Waals surface area contributed by atoms with Gasteiger partial charge in [-0.2, -0.15) is 5.26 Å². The van der Waals surface area contributed by atoms with Gasteiger partial charge in [0.2, 0.25) is 0 Å². The molecule has 1 aromatic heterocycles. The molecule has 0 spiro atoms. The third-order valence-corrected chi connectivity index (χ3v) is 3.72. The molecular formula is C14H19N3. The fourth-order valence-corrected chi connectivity index (χ4v) is 2.69. The average molecular weight is 229 g/mol. The molecule has 1 heterocycles. The van der Waals surface area contributed by atoms with E-state index in [9.17, 15) is 0 Å². The number of anilines is 1. The fraction of sp³-hybridized carbons (Fsp3) is 0.571. The Kier molecular flexibility index (Phi) is 3.98. The van der Waals surface area contributed by atoms with Crippen molar-refractivity contribution in [1.82, 2.24) is 4.98 Å². The molecule has 0 radical (unpaired) electrons. The second kappa shape index (κ2) is 5.67. The van der Waals surface area contributed by atoms with Crippen LogP contribution in [0, 0.1) is 17.2 Å². The van der Waals surface area contributed by atoms with Gasteiger partial charge in [0.15, 0.2) is 0 Å². The van der Waals surface area contributed by atoms with Crippen LogP contribution in [0.1, 0.15) is 44.6 Å². The number of hydrogen-bond acceptors (Lipinski definition) is 3. The van der Waals surface area contributed by atoms with Gasteiger partial charge in [0, 0.05) is 12.2 Å². The topological polar surface area (TPSA) is 48.7 Å². The van der Waals surface area contributed by atoms with Gasteiger partial charge in [0.25, 0.3) is 0 Å². The number of rotatable bonds is 3. The van der Waals surface area contributed by atoms with Crippen LogP contribution in [0.4, 0.5) is 5.69 Å². The SMILES string of the molecule is CCC1CCCCC1Nc1cnccc1C#N. The average Bonchev–Trinajstić information content (AvgIpc) is 2.40. The first-order valence-corrected chi connectivity index (χ1v) is 6.45. The molecular weight excluding hydrogens is 210 g/mol. The van der Waals surface area contributed by atoms with E-state index < -0.39 is 0 Å². The second-order valence-electron chi connectivity index (χ2n) is 4.74. The van der Waals surface area contributed by atoms with Crippen molar-refractivity contribution in [2.45, 2.75) is 45.1 Å². The zero-order valence-electron chi connectivity index (χ0n) is 10.3. The zero-order valence-corrected chi connectivity index (χ0v) is 10.3. The van der Waals surface area contributed by atoms with Gasteiger partial charge in [0.05, 0.1) is 17.4 Å². The van der Waals surface area contributed by atoms with Crippen molar-refractivity contribution < 1.29 is 0 Å². The third-order valence-electron chi connectivity index (χ3n) is 3.72. The summed E-state index contributed by atoms with van der Waals surface area (Å²) in [6.45, 7) is 2.25. The summed E-state index contributed by atoms with van der Waals surface area (Å²) in [5.41, 5.74) is 1.58. The highest BCUT2D eigenvalue weighted by Gasteiger charge is 2.23. The molecule has 1 N–H and O–H groups in total. The van der Waals surface area contributed by atoms with E-state index in [1.807, 2.05) is 0 Å². The van der Waals surface area contributed by atoms with E-state index in [0.717, 1.165) is 11.6 Å². The largest absolute Gasteiger partial charge is 0.380 e. The Hall–Kier alpha value is -1.56. The molecule has 2 rings (SSSR count). The lowest BCUT2D eigenvalue weighted by Gasteiger charge is -2.32.